The molecule has 1 aromatic carbocycles. The Morgan fingerprint density at radius 3 is 2.59 bits per heavy atom. The molecule has 7 heteroatoms. The molecule has 0 unspecified atom stereocenters. The number of ether oxygens (including phenoxy) is 1. The molecule has 0 bridgehead atoms. The van der Waals surface area contributed by atoms with Crippen molar-refractivity contribution in [1.82, 2.24) is 20.0 Å². The van der Waals surface area contributed by atoms with Crippen LogP contribution in [0.1, 0.15) is 24.9 Å². The molecule has 3 rings (SSSR count). The predicted molar refractivity (Wildman–Crippen MR) is 112 cm³/mol. The van der Waals surface area contributed by atoms with Gasteiger partial charge < -0.3 is 15.0 Å². The molecule has 2 heterocycles. The number of likely N-dealkylation sites (N-methyl/N-ethyl adjacent to an activating group) is 1. The van der Waals surface area contributed by atoms with Crippen molar-refractivity contribution in [3.63, 3.8) is 0 Å². The minimum absolute atomic E-state index is 0.0166. The Kier molecular flexibility index (Phi) is 6.93. The first-order valence-corrected chi connectivity index (χ1v) is 10.4. The van der Waals surface area contributed by atoms with Gasteiger partial charge in [-0.25, -0.2) is 0 Å². The molecule has 2 aliphatic heterocycles. The summed E-state index contributed by atoms with van der Waals surface area (Å²) in [5, 5.41) is 2.96. The van der Waals surface area contributed by atoms with E-state index in [0.29, 0.717) is 26.2 Å². The van der Waals surface area contributed by atoms with Crippen LogP contribution in [0.4, 0.5) is 0 Å². The smallest absolute Gasteiger partial charge is 0.234 e. The average molecular weight is 403 g/mol. The van der Waals surface area contributed by atoms with E-state index < -0.39 is 5.60 Å². The van der Waals surface area contributed by atoms with Crippen molar-refractivity contribution in [2.24, 2.45) is 5.92 Å². The lowest BCUT2D eigenvalue weighted by Crippen LogP contribution is -2.69. The van der Waals surface area contributed by atoms with Crippen LogP contribution in [0.5, 0.6) is 0 Å². The zero-order chi connectivity index (χ0) is 21.0. The van der Waals surface area contributed by atoms with Crippen LogP contribution in [0.15, 0.2) is 30.3 Å². The van der Waals surface area contributed by atoms with Crippen molar-refractivity contribution in [2.45, 2.75) is 25.0 Å². The van der Waals surface area contributed by atoms with Crippen LogP contribution in [-0.4, -0.2) is 92.6 Å². The lowest BCUT2D eigenvalue weighted by molar-refractivity contribution is -0.166. The van der Waals surface area contributed by atoms with Crippen molar-refractivity contribution in [1.29, 1.82) is 0 Å². The van der Waals surface area contributed by atoms with Crippen LogP contribution < -0.4 is 5.32 Å². The molecule has 0 aliphatic carbocycles. The monoisotopic (exact) mass is 402 g/mol. The van der Waals surface area contributed by atoms with E-state index in [0.717, 1.165) is 19.5 Å². The van der Waals surface area contributed by atoms with Gasteiger partial charge in [0.05, 0.1) is 32.1 Å². The first kappa shape index (κ1) is 21.7. The van der Waals surface area contributed by atoms with Gasteiger partial charge in [-0.15, -0.1) is 0 Å². The van der Waals surface area contributed by atoms with E-state index in [9.17, 15) is 9.59 Å². The molecule has 2 aliphatic rings. The molecule has 0 radical (unpaired) electrons. The number of rotatable bonds is 8. The van der Waals surface area contributed by atoms with Crippen molar-refractivity contribution < 1.29 is 14.3 Å². The minimum Gasteiger partial charge on any atom is -0.373 e. The third-order valence-electron chi connectivity index (χ3n) is 6.37. The maximum absolute atomic E-state index is 13.2. The molecule has 0 spiro atoms. The van der Waals surface area contributed by atoms with Gasteiger partial charge in [0, 0.05) is 13.2 Å². The van der Waals surface area contributed by atoms with E-state index in [1.807, 2.05) is 42.0 Å². The number of methoxy groups -OCH3 is 1. The number of carbonyl (C=O) groups excluding carboxylic acids is 2. The molecule has 0 aromatic heterocycles. The Hall–Kier alpha value is -1.96. The Bertz CT molecular complexity index is 705. The summed E-state index contributed by atoms with van der Waals surface area (Å²) in [6.07, 6.45) is 0.867. The Morgan fingerprint density at radius 1 is 1.28 bits per heavy atom. The number of benzene rings is 1. The van der Waals surface area contributed by atoms with E-state index in [1.54, 1.807) is 7.11 Å². The largest absolute Gasteiger partial charge is 0.373 e. The van der Waals surface area contributed by atoms with Gasteiger partial charge >= 0.3 is 0 Å². The number of nitrogens with zero attached hydrogens (tertiary/aromatic N) is 3. The Morgan fingerprint density at radius 2 is 1.97 bits per heavy atom. The molecule has 29 heavy (non-hydrogen) atoms. The lowest BCUT2D eigenvalue weighted by atomic mass is 9.87. The molecule has 2 fully saturated rings. The normalized spacial score (nSPS) is 23.8. The highest BCUT2D eigenvalue weighted by Gasteiger charge is 2.49. The van der Waals surface area contributed by atoms with E-state index in [4.69, 9.17) is 4.74 Å². The van der Waals surface area contributed by atoms with Gasteiger partial charge in [-0.1, -0.05) is 37.3 Å². The number of likely N-dealkylation sites (tertiary alicyclic amines) is 2. The van der Waals surface area contributed by atoms with Gasteiger partial charge in [-0.2, -0.15) is 0 Å². The molecular formula is C22H34N4O3. The summed E-state index contributed by atoms with van der Waals surface area (Å²) in [7, 11) is 5.66. The lowest BCUT2D eigenvalue weighted by Gasteiger charge is -2.50. The minimum atomic E-state index is -0.483. The maximum atomic E-state index is 13.2. The fourth-order valence-electron chi connectivity index (χ4n) is 4.37. The van der Waals surface area contributed by atoms with E-state index in [1.165, 1.54) is 5.56 Å². The van der Waals surface area contributed by atoms with Crippen LogP contribution in [0.25, 0.3) is 0 Å². The second-order valence-corrected chi connectivity index (χ2v) is 8.42. The summed E-state index contributed by atoms with van der Waals surface area (Å²) in [6, 6.07) is 10.4. The fraction of sp³-hybridized carbons (Fsp3) is 0.636. The fourth-order valence-corrected chi connectivity index (χ4v) is 4.37. The highest BCUT2D eigenvalue weighted by atomic mass is 16.5. The maximum Gasteiger partial charge on any atom is 0.234 e. The molecule has 0 saturated carbocycles. The van der Waals surface area contributed by atoms with Gasteiger partial charge in [-0.05, 0) is 39.2 Å². The van der Waals surface area contributed by atoms with Gasteiger partial charge in [0.1, 0.15) is 5.60 Å². The van der Waals surface area contributed by atoms with Crippen molar-refractivity contribution in [3.8, 4) is 0 Å². The van der Waals surface area contributed by atoms with Gasteiger partial charge in [0.25, 0.3) is 0 Å². The summed E-state index contributed by atoms with van der Waals surface area (Å²) in [4.78, 5) is 31.4. The molecule has 7 nitrogen and oxygen atoms in total. The van der Waals surface area contributed by atoms with Crippen LogP contribution in [-0.2, 0) is 14.3 Å². The van der Waals surface area contributed by atoms with Crippen LogP contribution in [0.3, 0.4) is 0 Å². The number of carbonyl (C=O) groups is 2. The molecule has 1 aromatic rings. The number of hydrogen-bond donors (Lipinski definition) is 1. The molecular weight excluding hydrogens is 368 g/mol. The highest BCUT2D eigenvalue weighted by molar-refractivity contribution is 5.82. The number of amides is 2. The van der Waals surface area contributed by atoms with Crippen LogP contribution in [0.2, 0.25) is 0 Å². The van der Waals surface area contributed by atoms with Gasteiger partial charge in [0.2, 0.25) is 11.8 Å². The molecule has 2 atom stereocenters. The van der Waals surface area contributed by atoms with Crippen LogP contribution in [0, 0.1) is 5.92 Å². The molecule has 2 amide bonds. The molecule has 160 valence electrons. The van der Waals surface area contributed by atoms with E-state index in [2.05, 4.69) is 29.4 Å². The average Bonchev–Trinajstić information content (AvgIpc) is 3.09. The third-order valence-corrected chi connectivity index (χ3v) is 6.37. The SMILES string of the molecule is CCN(C)CC(=O)NCC1(OC)CN(C(=O)[C@@H]2CCN(C)[C@@H]2c2ccccc2)C1. The van der Waals surface area contributed by atoms with Crippen LogP contribution >= 0.6 is 0 Å². The molecule has 1 N–H and O–H groups in total. The predicted octanol–water partition coefficient (Wildman–Crippen LogP) is 0.975. The Balaban J connectivity index is 1.57. The summed E-state index contributed by atoms with van der Waals surface area (Å²) >= 11 is 0. The first-order valence-electron chi connectivity index (χ1n) is 10.4. The second kappa shape index (κ2) is 9.24. The highest BCUT2D eigenvalue weighted by Crippen LogP contribution is 2.39. The van der Waals surface area contributed by atoms with E-state index >= 15 is 0 Å². The number of hydrogen-bond acceptors (Lipinski definition) is 5. The summed E-state index contributed by atoms with van der Waals surface area (Å²) < 4.78 is 5.70. The topological polar surface area (TPSA) is 65.1 Å². The zero-order valence-electron chi connectivity index (χ0n) is 18.1. The standard InChI is InChI=1S/C22H34N4O3/c1-5-24(2)13-19(27)23-14-22(29-4)15-26(16-22)21(28)18-11-12-25(3)20(18)17-9-7-6-8-10-17/h6-10,18,20H,5,11-16H2,1-4H3,(H,23,27)/t18-,20-/m1/s1. The van der Waals surface area contributed by atoms with Gasteiger partial charge in [0.15, 0.2) is 0 Å². The van der Waals surface area contributed by atoms with Crippen molar-refractivity contribution in [2.75, 3.05) is 60.5 Å². The van der Waals surface area contributed by atoms with E-state index in [-0.39, 0.29) is 23.8 Å². The third kappa shape index (κ3) is 4.79. The second-order valence-electron chi connectivity index (χ2n) is 8.42. The molecule has 2 saturated heterocycles. The summed E-state index contributed by atoms with van der Waals surface area (Å²) in [6.45, 7) is 5.59. The summed E-state index contributed by atoms with van der Waals surface area (Å²) in [5.41, 5.74) is 0.708. The number of nitrogens with one attached hydrogen (secondary N) is 1. The Labute approximate surface area is 174 Å². The first-order chi connectivity index (χ1) is 13.9. The van der Waals surface area contributed by atoms with Crippen molar-refractivity contribution >= 4 is 11.8 Å². The summed E-state index contributed by atoms with van der Waals surface area (Å²) in [5.74, 6) is 0.134. The zero-order valence-corrected chi connectivity index (χ0v) is 18.1. The van der Waals surface area contributed by atoms with Crippen molar-refractivity contribution in [3.05, 3.63) is 35.9 Å². The quantitative estimate of drug-likeness (QED) is 0.702. The van der Waals surface area contributed by atoms with Gasteiger partial charge in [-0.3, -0.25) is 19.4 Å².